The van der Waals surface area contributed by atoms with Crippen molar-refractivity contribution in [3.8, 4) is 11.5 Å². The Morgan fingerprint density at radius 3 is 2.73 bits per heavy atom. The van der Waals surface area contributed by atoms with Crippen LogP contribution >= 0.6 is 0 Å². The molecule has 80 valence electrons. The Morgan fingerprint density at radius 2 is 2.07 bits per heavy atom. The smallest absolute Gasteiger partial charge is 0.123 e. The van der Waals surface area contributed by atoms with E-state index in [4.69, 9.17) is 10.3 Å². The molecule has 15 heavy (non-hydrogen) atoms. The lowest BCUT2D eigenvalue weighted by Gasteiger charge is -2.12. The zero-order valence-electron chi connectivity index (χ0n) is 8.22. The summed E-state index contributed by atoms with van der Waals surface area (Å²) in [4.78, 5) is 0. The van der Waals surface area contributed by atoms with Gasteiger partial charge in [-0.25, -0.2) is 0 Å². The third kappa shape index (κ3) is 1.75. The van der Waals surface area contributed by atoms with Crippen molar-refractivity contribution in [3.05, 3.63) is 23.8 Å². The van der Waals surface area contributed by atoms with Crippen LogP contribution in [0.4, 0.5) is 0 Å². The maximum atomic E-state index is 9.67. The van der Waals surface area contributed by atoms with E-state index in [1.165, 1.54) is 12.1 Å². The summed E-state index contributed by atoms with van der Waals surface area (Å²) in [6.45, 7) is 0. The van der Waals surface area contributed by atoms with E-state index in [0.717, 1.165) is 24.8 Å². The number of phenolic OH excluding ortho intramolecular Hbond substituents is 2. The Labute approximate surface area is 87.5 Å². The average Bonchev–Trinajstić information content (AvgIpc) is 2.65. The number of hydrogen-bond acceptors (Lipinski definition) is 4. The summed E-state index contributed by atoms with van der Waals surface area (Å²) >= 11 is 0. The summed E-state index contributed by atoms with van der Waals surface area (Å²) in [5, 5.41) is 30.9. The van der Waals surface area contributed by atoms with Gasteiger partial charge in [0.05, 0.1) is 5.71 Å². The molecule has 4 nitrogen and oxygen atoms in total. The van der Waals surface area contributed by atoms with Crippen molar-refractivity contribution in [1.82, 2.24) is 0 Å². The van der Waals surface area contributed by atoms with Crippen LogP contribution in [0.3, 0.4) is 0 Å². The van der Waals surface area contributed by atoms with Gasteiger partial charge in [0.25, 0.3) is 0 Å². The standard InChI is InChI=1S/C11H13NO3/c13-7-4-5-9(11(14)6-7)8-2-1-3-10(8)12-15/h4-6,8,13-15H,1-3H2. The van der Waals surface area contributed by atoms with Crippen LogP contribution in [-0.2, 0) is 0 Å². The Balaban J connectivity index is 2.37. The van der Waals surface area contributed by atoms with E-state index >= 15 is 0 Å². The molecule has 0 saturated heterocycles. The van der Waals surface area contributed by atoms with Crippen LogP contribution in [-0.4, -0.2) is 21.1 Å². The molecule has 0 aliphatic heterocycles. The van der Waals surface area contributed by atoms with Gasteiger partial charge in [-0.05, 0) is 25.3 Å². The predicted octanol–water partition coefficient (Wildman–Crippen LogP) is 2.20. The summed E-state index contributed by atoms with van der Waals surface area (Å²) < 4.78 is 0. The van der Waals surface area contributed by atoms with Gasteiger partial charge in [-0.15, -0.1) is 0 Å². The van der Waals surface area contributed by atoms with Crippen molar-refractivity contribution < 1.29 is 15.4 Å². The quantitative estimate of drug-likeness (QED) is 0.488. The van der Waals surface area contributed by atoms with E-state index in [0.29, 0.717) is 5.71 Å². The molecule has 1 aromatic rings. The highest BCUT2D eigenvalue weighted by Crippen LogP contribution is 2.37. The minimum atomic E-state index is -0.0180. The minimum absolute atomic E-state index is 0.0180. The van der Waals surface area contributed by atoms with Crippen molar-refractivity contribution in [3.63, 3.8) is 0 Å². The maximum Gasteiger partial charge on any atom is 0.123 e. The van der Waals surface area contributed by atoms with Gasteiger partial charge in [0.15, 0.2) is 0 Å². The molecule has 0 bridgehead atoms. The molecule has 0 aromatic heterocycles. The molecule has 1 aromatic carbocycles. The zero-order chi connectivity index (χ0) is 10.8. The van der Waals surface area contributed by atoms with E-state index in [1.54, 1.807) is 6.07 Å². The topological polar surface area (TPSA) is 73.1 Å². The highest BCUT2D eigenvalue weighted by atomic mass is 16.4. The van der Waals surface area contributed by atoms with Gasteiger partial charge in [0, 0.05) is 17.5 Å². The van der Waals surface area contributed by atoms with Crippen LogP contribution in [0.25, 0.3) is 0 Å². The molecule has 1 atom stereocenters. The number of hydrogen-bond donors (Lipinski definition) is 3. The fourth-order valence-electron chi connectivity index (χ4n) is 2.11. The fraction of sp³-hybridized carbons (Fsp3) is 0.364. The molecule has 1 aliphatic rings. The van der Waals surface area contributed by atoms with Crippen LogP contribution in [0.5, 0.6) is 11.5 Å². The number of oxime groups is 1. The second-order valence-electron chi connectivity index (χ2n) is 3.78. The lowest BCUT2D eigenvalue weighted by molar-refractivity contribution is 0.316. The molecule has 0 amide bonds. The van der Waals surface area contributed by atoms with Crippen molar-refractivity contribution >= 4 is 5.71 Å². The van der Waals surface area contributed by atoms with Gasteiger partial charge in [-0.2, -0.15) is 0 Å². The summed E-state index contributed by atoms with van der Waals surface area (Å²) in [6.07, 6.45) is 2.60. The van der Waals surface area contributed by atoms with Crippen LogP contribution < -0.4 is 0 Å². The number of phenols is 2. The summed E-state index contributed by atoms with van der Waals surface area (Å²) in [6, 6.07) is 4.51. The maximum absolute atomic E-state index is 9.67. The summed E-state index contributed by atoms with van der Waals surface area (Å²) in [5.74, 6) is 0.0791. The first-order chi connectivity index (χ1) is 7.22. The normalized spacial score (nSPS) is 23.5. The number of aromatic hydroxyl groups is 2. The van der Waals surface area contributed by atoms with Gasteiger partial charge in [-0.1, -0.05) is 11.2 Å². The molecule has 1 fully saturated rings. The number of benzene rings is 1. The molecule has 1 aliphatic carbocycles. The molecule has 3 N–H and O–H groups in total. The second kappa shape index (κ2) is 3.81. The number of rotatable bonds is 1. The van der Waals surface area contributed by atoms with Crippen molar-refractivity contribution in [1.29, 1.82) is 0 Å². The first-order valence-electron chi connectivity index (χ1n) is 4.95. The van der Waals surface area contributed by atoms with Crippen LogP contribution in [0.1, 0.15) is 30.7 Å². The van der Waals surface area contributed by atoms with Gasteiger partial charge < -0.3 is 15.4 Å². The summed E-state index contributed by atoms with van der Waals surface area (Å²) in [5.41, 5.74) is 1.43. The Hall–Kier alpha value is -1.71. The first kappa shape index (κ1) is 9.83. The van der Waals surface area contributed by atoms with Crippen molar-refractivity contribution in [2.45, 2.75) is 25.2 Å². The van der Waals surface area contributed by atoms with Crippen LogP contribution in [0, 0.1) is 0 Å². The molecular weight excluding hydrogens is 194 g/mol. The third-order valence-electron chi connectivity index (χ3n) is 2.85. The second-order valence-corrected chi connectivity index (χ2v) is 3.78. The molecule has 1 unspecified atom stereocenters. The average molecular weight is 207 g/mol. The largest absolute Gasteiger partial charge is 0.508 e. The molecule has 0 spiro atoms. The highest BCUT2D eigenvalue weighted by Gasteiger charge is 2.26. The van der Waals surface area contributed by atoms with E-state index < -0.39 is 0 Å². The minimum Gasteiger partial charge on any atom is -0.508 e. The van der Waals surface area contributed by atoms with Gasteiger partial charge in [0.1, 0.15) is 11.5 Å². The number of nitrogens with zero attached hydrogens (tertiary/aromatic N) is 1. The molecule has 1 saturated carbocycles. The molecule has 0 radical (unpaired) electrons. The lowest BCUT2D eigenvalue weighted by Crippen LogP contribution is -2.05. The lowest BCUT2D eigenvalue weighted by atomic mass is 9.95. The molecule has 0 heterocycles. The SMILES string of the molecule is ON=C1CCCC1c1ccc(O)cc1O. The van der Waals surface area contributed by atoms with E-state index in [-0.39, 0.29) is 17.4 Å². The van der Waals surface area contributed by atoms with Gasteiger partial charge in [-0.3, -0.25) is 0 Å². The van der Waals surface area contributed by atoms with Crippen LogP contribution in [0.2, 0.25) is 0 Å². The Morgan fingerprint density at radius 1 is 1.27 bits per heavy atom. The monoisotopic (exact) mass is 207 g/mol. The Kier molecular flexibility index (Phi) is 2.49. The molecule has 2 rings (SSSR count). The first-order valence-corrected chi connectivity index (χ1v) is 4.95. The van der Waals surface area contributed by atoms with Crippen molar-refractivity contribution in [2.24, 2.45) is 5.16 Å². The zero-order valence-corrected chi connectivity index (χ0v) is 8.22. The fourth-order valence-corrected chi connectivity index (χ4v) is 2.11. The van der Waals surface area contributed by atoms with Crippen molar-refractivity contribution in [2.75, 3.05) is 0 Å². The Bertz CT molecular complexity index is 401. The van der Waals surface area contributed by atoms with Crippen LogP contribution in [0.15, 0.2) is 23.4 Å². The molecule has 4 heteroatoms. The van der Waals surface area contributed by atoms with E-state index in [9.17, 15) is 5.11 Å². The summed E-state index contributed by atoms with van der Waals surface area (Å²) in [7, 11) is 0. The third-order valence-corrected chi connectivity index (χ3v) is 2.85. The van der Waals surface area contributed by atoms with E-state index in [2.05, 4.69) is 5.16 Å². The van der Waals surface area contributed by atoms with Gasteiger partial charge in [0.2, 0.25) is 0 Å². The highest BCUT2D eigenvalue weighted by molar-refractivity contribution is 5.92. The molecular formula is C11H13NO3. The van der Waals surface area contributed by atoms with E-state index in [1.807, 2.05) is 0 Å². The predicted molar refractivity (Wildman–Crippen MR) is 55.6 cm³/mol. The van der Waals surface area contributed by atoms with Gasteiger partial charge >= 0.3 is 0 Å².